The van der Waals surface area contributed by atoms with Gasteiger partial charge in [-0.15, -0.1) is 11.3 Å². The van der Waals surface area contributed by atoms with Gasteiger partial charge in [-0.05, 0) is 110 Å². The van der Waals surface area contributed by atoms with Gasteiger partial charge in [-0.3, -0.25) is 4.79 Å². The van der Waals surface area contributed by atoms with Crippen LogP contribution in [0.5, 0.6) is 11.5 Å². The number of halogens is 3. The number of thiazole rings is 1. The van der Waals surface area contributed by atoms with Gasteiger partial charge < -0.3 is 14.8 Å². The fraction of sp³-hybridized carbons (Fsp3) is 0.0645. The Balaban J connectivity index is 1.18. The van der Waals surface area contributed by atoms with Crippen LogP contribution in [0.25, 0.3) is 11.3 Å². The number of aromatic nitrogens is 1. The number of nitrogens with one attached hydrogen (secondary N) is 2. The molecule has 5 aromatic rings. The first-order valence-corrected chi connectivity index (χ1v) is 15.7. The molecule has 0 bridgehead atoms. The van der Waals surface area contributed by atoms with Crippen molar-refractivity contribution >= 4 is 84.4 Å². The molecule has 0 atom stereocenters. The predicted octanol–water partition coefficient (Wildman–Crippen LogP) is 8.93. The molecule has 212 valence electrons. The summed E-state index contributed by atoms with van der Waals surface area (Å²) in [4.78, 5) is 17.3. The molecule has 0 aliphatic heterocycles. The second-order valence-electron chi connectivity index (χ2n) is 8.90. The number of anilines is 2. The first kappa shape index (κ1) is 30.0. The molecule has 0 aliphatic carbocycles. The van der Waals surface area contributed by atoms with E-state index in [4.69, 9.17) is 21.1 Å². The molecule has 0 spiro atoms. The van der Waals surface area contributed by atoms with E-state index in [1.54, 1.807) is 31.5 Å². The van der Waals surface area contributed by atoms with Gasteiger partial charge in [0.2, 0.25) is 0 Å². The van der Waals surface area contributed by atoms with Crippen LogP contribution in [0, 0.1) is 3.57 Å². The second-order valence-corrected chi connectivity index (χ2v) is 12.3. The van der Waals surface area contributed by atoms with Crippen LogP contribution in [0.4, 0.5) is 10.8 Å². The molecule has 42 heavy (non-hydrogen) atoms. The van der Waals surface area contributed by atoms with E-state index in [1.165, 1.54) is 11.3 Å². The lowest BCUT2D eigenvalue weighted by Crippen LogP contribution is -2.17. The molecule has 0 radical (unpaired) electrons. The standard InChI is InChI=1S/C31H23BrClIN4O3S/c1-40-28-15-20(14-26(32)29(28)41-17-19-2-10-24(34)11-3-19)16-35-38-30(39)22-6-4-21(5-7-22)27-18-42-31(37-27)36-25-12-8-23(33)9-13-25/h2-16,18H,17H2,1H3,(H,36,37)(H,38,39)/b35-16-. The van der Waals surface area contributed by atoms with Gasteiger partial charge in [0, 0.05) is 30.8 Å². The molecule has 0 fully saturated rings. The van der Waals surface area contributed by atoms with E-state index in [-0.39, 0.29) is 5.91 Å². The molecule has 1 aromatic heterocycles. The van der Waals surface area contributed by atoms with E-state index < -0.39 is 0 Å². The Kier molecular flexibility index (Phi) is 10.1. The van der Waals surface area contributed by atoms with Crippen molar-refractivity contribution in [3.63, 3.8) is 0 Å². The number of hydrogen-bond donors (Lipinski definition) is 2. The van der Waals surface area contributed by atoms with Crippen LogP contribution in [0.2, 0.25) is 5.02 Å². The maximum Gasteiger partial charge on any atom is 0.271 e. The molecule has 0 saturated carbocycles. The van der Waals surface area contributed by atoms with E-state index >= 15 is 0 Å². The van der Waals surface area contributed by atoms with Gasteiger partial charge in [-0.25, -0.2) is 10.4 Å². The lowest BCUT2D eigenvalue weighted by atomic mass is 10.1. The number of carbonyl (C=O) groups excluding carboxylic acids is 1. The van der Waals surface area contributed by atoms with Gasteiger partial charge in [0.15, 0.2) is 16.6 Å². The average Bonchev–Trinajstić information content (AvgIpc) is 3.47. The number of benzene rings is 4. The van der Waals surface area contributed by atoms with Crippen LogP contribution < -0.4 is 20.2 Å². The Hall–Kier alpha value is -3.45. The van der Waals surface area contributed by atoms with E-state index in [0.29, 0.717) is 33.2 Å². The second kappa shape index (κ2) is 14.1. The van der Waals surface area contributed by atoms with Crippen molar-refractivity contribution in [1.82, 2.24) is 10.4 Å². The highest BCUT2D eigenvalue weighted by Gasteiger charge is 2.12. The summed E-state index contributed by atoms with van der Waals surface area (Å²) in [7, 11) is 1.58. The third-order valence-corrected chi connectivity index (χ3v) is 8.29. The SMILES string of the molecule is COc1cc(/C=N\NC(=O)c2ccc(-c3csc(Nc4ccc(Cl)cc4)n3)cc2)cc(Br)c1OCc1ccc(I)cc1. The average molecular weight is 774 g/mol. The predicted molar refractivity (Wildman–Crippen MR) is 182 cm³/mol. The highest BCUT2D eigenvalue weighted by Crippen LogP contribution is 2.37. The Morgan fingerprint density at radius 2 is 1.81 bits per heavy atom. The van der Waals surface area contributed by atoms with E-state index in [0.717, 1.165) is 36.8 Å². The van der Waals surface area contributed by atoms with Gasteiger partial charge in [-0.1, -0.05) is 35.9 Å². The molecule has 0 unspecified atom stereocenters. The third kappa shape index (κ3) is 7.88. The monoisotopic (exact) mass is 772 g/mol. The van der Waals surface area contributed by atoms with Gasteiger partial charge in [0.1, 0.15) is 6.61 Å². The van der Waals surface area contributed by atoms with Crippen molar-refractivity contribution in [2.45, 2.75) is 6.61 Å². The van der Waals surface area contributed by atoms with Gasteiger partial charge in [0.05, 0.1) is 23.5 Å². The first-order valence-electron chi connectivity index (χ1n) is 12.5. The number of carbonyl (C=O) groups is 1. The van der Waals surface area contributed by atoms with E-state index in [1.807, 2.05) is 72.1 Å². The topological polar surface area (TPSA) is 84.8 Å². The number of hydrogen-bond acceptors (Lipinski definition) is 7. The zero-order valence-electron chi connectivity index (χ0n) is 22.1. The van der Waals surface area contributed by atoms with Crippen LogP contribution in [0.15, 0.2) is 99.9 Å². The minimum Gasteiger partial charge on any atom is -0.493 e. The molecule has 4 aromatic carbocycles. The summed E-state index contributed by atoms with van der Waals surface area (Å²) in [6.45, 7) is 0.401. The summed E-state index contributed by atoms with van der Waals surface area (Å²) in [6.07, 6.45) is 1.55. The highest BCUT2D eigenvalue weighted by molar-refractivity contribution is 14.1. The first-order chi connectivity index (χ1) is 20.4. The van der Waals surface area contributed by atoms with Crippen molar-refractivity contribution in [2.75, 3.05) is 12.4 Å². The number of rotatable bonds is 10. The van der Waals surface area contributed by atoms with Gasteiger partial charge in [-0.2, -0.15) is 5.10 Å². The Bertz CT molecular complexity index is 1710. The molecule has 7 nitrogen and oxygen atoms in total. The molecule has 1 heterocycles. The van der Waals surface area contributed by atoms with Crippen LogP contribution in [-0.2, 0) is 6.61 Å². The Morgan fingerprint density at radius 1 is 1.07 bits per heavy atom. The number of methoxy groups -OCH3 is 1. The van der Waals surface area contributed by atoms with Gasteiger partial charge >= 0.3 is 0 Å². The minimum absolute atomic E-state index is 0.329. The van der Waals surface area contributed by atoms with Gasteiger partial charge in [0.25, 0.3) is 5.91 Å². The maximum absolute atomic E-state index is 12.7. The van der Waals surface area contributed by atoms with Crippen molar-refractivity contribution in [3.8, 4) is 22.8 Å². The van der Waals surface area contributed by atoms with Crippen molar-refractivity contribution in [1.29, 1.82) is 0 Å². The number of hydrazone groups is 1. The maximum atomic E-state index is 12.7. The van der Waals surface area contributed by atoms with Crippen LogP contribution in [-0.4, -0.2) is 24.2 Å². The lowest BCUT2D eigenvalue weighted by molar-refractivity contribution is 0.0955. The summed E-state index contributed by atoms with van der Waals surface area (Å²) in [5.41, 5.74) is 7.44. The van der Waals surface area contributed by atoms with Crippen molar-refractivity contribution < 1.29 is 14.3 Å². The van der Waals surface area contributed by atoms with Crippen LogP contribution in [0.3, 0.4) is 0 Å². The molecule has 2 N–H and O–H groups in total. The fourth-order valence-electron chi connectivity index (χ4n) is 3.83. The lowest BCUT2D eigenvalue weighted by Gasteiger charge is -2.13. The quantitative estimate of drug-likeness (QED) is 0.0842. The van der Waals surface area contributed by atoms with E-state index in [2.05, 4.69) is 59.3 Å². The number of ether oxygens (including phenoxy) is 2. The normalized spacial score (nSPS) is 11.0. The molecular weight excluding hydrogens is 751 g/mol. The summed E-state index contributed by atoms with van der Waals surface area (Å²) in [5, 5.41) is 10.8. The smallest absolute Gasteiger partial charge is 0.271 e. The number of amides is 1. The fourth-order valence-corrected chi connectivity index (χ4v) is 5.63. The van der Waals surface area contributed by atoms with Crippen molar-refractivity contribution in [3.05, 3.63) is 120 Å². The van der Waals surface area contributed by atoms with Crippen LogP contribution in [0.1, 0.15) is 21.5 Å². The molecule has 1 amide bonds. The Morgan fingerprint density at radius 3 is 2.52 bits per heavy atom. The molecule has 5 rings (SSSR count). The minimum atomic E-state index is -0.329. The van der Waals surface area contributed by atoms with Crippen molar-refractivity contribution in [2.24, 2.45) is 5.10 Å². The Labute approximate surface area is 274 Å². The summed E-state index contributed by atoms with van der Waals surface area (Å²) in [5.74, 6) is 0.807. The van der Waals surface area contributed by atoms with Crippen LogP contribution >= 0.6 is 61.5 Å². The highest BCUT2D eigenvalue weighted by atomic mass is 127. The molecular formula is C31H23BrClIN4O3S. The zero-order valence-corrected chi connectivity index (χ0v) is 27.4. The zero-order chi connectivity index (χ0) is 29.5. The molecule has 11 heteroatoms. The summed E-state index contributed by atoms with van der Waals surface area (Å²) < 4.78 is 13.4. The molecule has 0 saturated heterocycles. The third-order valence-electron chi connectivity index (χ3n) is 5.97. The molecule has 0 aliphatic rings. The summed E-state index contributed by atoms with van der Waals surface area (Å²) >= 11 is 13.3. The number of nitrogens with zero attached hydrogens (tertiary/aromatic N) is 2. The summed E-state index contributed by atoms with van der Waals surface area (Å²) in [6, 6.07) is 26.4. The van der Waals surface area contributed by atoms with E-state index in [9.17, 15) is 4.79 Å². The largest absolute Gasteiger partial charge is 0.493 e.